The molecule has 0 unspecified atom stereocenters. The minimum atomic E-state index is -3.07. The van der Waals surface area contributed by atoms with Crippen molar-refractivity contribution in [3.05, 3.63) is 0 Å². The summed E-state index contributed by atoms with van der Waals surface area (Å²) in [5.74, 6) is -0.0272. The predicted octanol–water partition coefficient (Wildman–Crippen LogP) is 0.279. The second-order valence-electron chi connectivity index (χ2n) is 4.77. The van der Waals surface area contributed by atoms with Crippen molar-refractivity contribution in [1.82, 2.24) is 9.21 Å². The zero-order valence-corrected chi connectivity index (χ0v) is 11.2. The van der Waals surface area contributed by atoms with E-state index in [9.17, 15) is 13.2 Å². The van der Waals surface area contributed by atoms with Crippen molar-refractivity contribution in [3.63, 3.8) is 0 Å². The lowest BCUT2D eigenvalue weighted by molar-refractivity contribution is -0.138. The number of amides is 1. The Hall–Kier alpha value is -0.620. The summed E-state index contributed by atoms with van der Waals surface area (Å²) in [6.45, 7) is 6.04. The average Bonchev–Trinajstić information content (AvgIpc) is 2.99. The van der Waals surface area contributed by atoms with Crippen LogP contribution in [-0.2, 0) is 14.8 Å². The van der Waals surface area contributed by atoms with E-state index in [1.807, 2.05) is 13.8 Å². The van der Waals surface area contributed by atoms with Crippen LogP contribution in [0.3, 0.4) is 0 Å². The number of nitrogens with zero attached hydrogens (tertiary/aromatic N) is 2. The van der Waals surface area contributed by atoms with E-state index in [1.54, 1.807) is 4.90 Å². The summed E-state index contributed by atoms with van der Waals surface area (Å²) in [5, 5.41) is -0.160. The summed E-state index contributed by atoms with van der Waals surface area (Å²) < 4.78 is 25.2. The topological polar surface area (TPSA) is 57.7 Å². The van der Waals surface area contributed by atoms with Crippen molar-refractivity contribution >= 4 is 15.9 Å². The molecule has 0 aromatic rings. The number of hydrogen-bond donors (Lipinski definition) is 0. The molecule has 1 saturated heterocycles. The molecule has 1 aliphatic carbocycles. The largest absolute Gasteiger partial charge is 0.343 e. The minimum Gasteiger partial charge on any atom is -0.343 e. The van der Waals surface area contributed by atoms with Crippen LogP contribution in [0.1, 0.15) is 26.7 Å². The van der Waals surface area contributed by atoms with Crippen molar-refractivity contribution in [2.24, 2.45) is 5.92 Å². The van der Waals surface area contributed by atoms with Gasteiger partial charge in [-0.2, -0.15) is 4.31 Å². The van der Waals surface area contributed by atoms with Gasteiger partial charge in [0.1, 0.15) is 0 Å². The zero-order valence-electron chi connectivity index (χ0n) is 10.4. The predicted molar refractivity (Wildman–Crippen MR) is 64.9 cm³/mol. The fourth-order valence-corrected chi connectivity index (χ4v) is 4.10. The van der Waals surface area contributed by atoms with Crippen molar-refractivity contribution < 1.29 is 13.2 Å². The molecule has 0 bridgehead atoms. The minimum absolute atomic E-state index is 0.0947. The van der Waals surface area contributed by atoms with Crippen LogP contribution in [0.15, 0.2) is 0 Å². The summed E-state index contributed by atoms with van der Waals surface area (Å²) >= 11 is 0. The molecule has 5 nitrogen and oxygen atoms in total. The molecule has 0 spiro atoms. The first-order valence-corrected chi connectivity index (χ1v) is 7.78. The summed E-state index contributed by atoms with van der Waals surface area (Å²) in [6, 6.07) is 0. The van der Waals surface area contributed by atoms with Crippen LogP contribution in [0, 0.1) is 5.92 Å². The molecule has 17 heavy (non-hydrogen) atoms. The molecule has 1 amide bonds. The van der Waals surface area contributed by atoms with Gasteiger partial charge in [0.15, 0.2) is 0 Å². The van der Waals surface area contributed by atoms with Crippen LogP contribution in [0.4, 0.5) is 0 Å². The van der Waals surface area contributed by atoms with Crippen LogP contribution in [-0.4, -0.2) is 55.0 Å². The molecule has 0 N–H and O–H groups in total. The van der Waals surface area contributed by atoms with Crippen molar-refractivity contribution in [2.45, 2.75) is 31.9 Å². The summed E-state index contributed by atoms with van der Waals surface area (Å²) in [4.78, 5) is 13.7. The number of carbonyl (C=O) groups is 1. The number of rotatable bonds is 5. The maximum absolute atomic E-state index is 12.0. The highest BCUT2D eigenvalue weighted by Gasteiger charge is 2.47. The average molecular weight is 260 g/mol. The van der Waals surface area contributed by atoms with Crippen molar-refractivity contribution in [1.29, 1.82) is 0 Å². The molecule has 0 atom stereocenters. The maximum Gasteiger partial charge on any atom is 0.228 e. The first kappa shape index (κ1) is 12.8. The van der Waals surface area contributed by atoms with Crippen LogP contribution in [0.2, 0.25) is 0 Å². The number of sulfonamides is 1. The lowest BCUT2D eigenvalue weighted by atomic mass is 10.0. The van der Waals surface area contributed by atoms with Gasteiger partial charge in [-0.15, -0.1) is 0 Å². The van der Waals surface area contributed by atoms with Gasteiger partial charge >= 0.3 is 0 Å². The van der Waals surface area contributed by atoms with Crippen LogP contribution in [0.5, 0.6) is 0 Å². The van der Waals surface area contributed by atoms with Gasteiger partial charge in [0.05, 0.1) is 11.2 Å². The van der Waals surface area contributed by atoms with Gasteiger partial charge in [0, 0.05) is 26.2 Å². The summed E-state index contributed by atoms with van der Waals surface area (Å²) in [6.07, 6.45) is 1.57. The maximum atomic E-state index is 12.0. The number of hydrogen-bond acceptors (Lipinski definition) is 3. The summed E-state index contributed by atoms with van der Waals surface area (Å²) in [5.41, 5.74) is 0. The van der Waals surface area contributed by atoms with Gasteiger partial charge in [-0.25, -0.2) is 8.42 Å². The van der Waals surface area contributed by atoms with Crippen molar-refractivity contribution in [2.75, 3.05) is 26.2 Å². The third-order valence-electron chi connectivity index (χ3n) is 3.58. The zero-order chi connectivity index (χ0) is 12.6. The Kier molecular flexibility index (Phi) is 3.45. The Morgan fingerprint density at radius 1 is 1.24 bits per heavy atom. The lowest BCUT2D eigenvalue weighted by Gasteiger charge is -2.39. The Morgan fingerprint density at radius 3 is 2.18 bits per heavy atom. The molecule has 1 saturated carbocycles. The van der Waals surface area contributed by atoms with E-state index in [-0.39, 0.29) is 17.1 Å². The number of carbonyl (C=O) groups excluding carboxylic acids is 1. The molecule has 1 aliphatic heterocycles. The van der Waals surface area contributed by atoms with Crippen LogP contribution < -0.4 is 0 Å². The van der Waals surface area contributed by atoms with E-state index in [0.717, 1.165) is 12.8 Å². The van der Waals surface area contributed by atoms with Crippen LogP contribution >= 0.6 is 0 Å². The SMILES string of the molecule is CCN(CC)C(=O)C1CN(S(=O)(=O)C2CC2)C1. The fourth-order valence-electron chi connectivity index (χ4n) is 2.17. The molecule has 2 aliphatic rings. The normalized spacial score (nSPS) is 22.2. The Bertz CT molecular complexity index is 393. The van der Waals surface area contributed by atoms with Crippen molar-refractivity contribution in [3.8, 4) is 0 Å². The highest BCUT2D eigenvalue weighted by Crippen LogP contribution is 2.34. The Labute approximate surface area is 103 Å². The molecule has 6 heteroatoms. The molecule has 0 aromatic heterocycles. The smallest absolute Gasteiger partial charge is 0.228 e. The van der Waals surface area contributed by atoms with Gasteiger partial charge in [-0.3, -0.25) is 4.79 Å². The third kappa shape index (κ3) is 2.33. The van der Waals surface area contributed by atoms with E-state index in [1.165, 1.54) is 4.31 Å². The Balaban J connectivity index is 1.88. The van der Waals surface area contributed by atoms with Gasteiger partial charge in [0.25, 0.3) is 0 Å². The molecular formula is C11H20N2O3S. The van der Waals surface area contributed by atoms with E-state index in [4.69, 9.17) is 0 Å². The first-order chi connectivity index (χ1) is 8.00. The van der Waals surface area contributed by atoms with Gasteiger partial charge in [-0.05, 0) is 26.7 Å². The van der Waals surface area contributed by atoms with Gasteiger partial charge < -0.3 is 4.90 Å². The van der Waals surface area contributed by atoms with Gasteiger partial charge in [0.2, 0.25) is 15.9 Å². The second-order valence-corrected chi connectivity index (χ2v) is 6.98. The molecule has 1 heterocycles. The van der Waals surface area contributed by atoms with Gasteiger partial charge in [-0.1, -0.05) is 0 Å². The second kappa shape index (κ2) is 4.57. The summed E-state index contributed by atoms with van der Waals surface area (Å²) in [7, 11) is -3.07. The van der Waals surface area contributed by atoms with E-state index in [0.29, 0.717) is 26.2 Å². The molecule has 2 rings (SSSR count). The molecule has 0 radical (unpaired) electrons. The molecular weight excluding hydrogens is 240 g/mol. The van der Waals surface area contributed by atoms with E-state index < -0.39 is 10.0 Å². The lowest BCUT2D eigenvalue weighted by Crippen LogP contribution is -2.57. The van der Waals surface area contributed by atoms with E-state index >= 15 is 0 Å². The quantitative estimate of drug-likeness (QED) is 0.713. The highest BCUT2D eigenvalue weighted by atomic mass is 32.2. The Morgan fingerprint density at radius 2 is 1.76 bits per heavy atom. The van der Waals surface area contributed by atoms with Crippen LogP contribution in [0.25, 0.3) is 0 Å². The standard InChI is InChI=1S/C11H20N2O3S/c1-3-12(4-2)11(14)9-7-13(8-9)17(15,16)10-5-6-10/h9-10H,3-8H2,1-2H3. The molecule has 0 aromatic carbocycles. The highest BCUT2D eigenvalue weighted by molar-refractivity contribution is 7.90. The van der Waals surface area contributed by atoms with E-state index in [2.05, 4.69) is 0 Å². The molecule has 98 valence electrons. The third-order valence-corrected chi connectivity index (χ3v) is 5.91. The first-order valence-electron chi connectivity index (χ1n) is 6.28. The molecule has 2 fully saturated rings. The fraction of sp³-hybridized carbons (Fsp3) is 0.909. The monoisotopic (exact) mass is 260 g/mol.